The zero-order valence-electron chi connectivity index (χ0n) is 7.90. The van der Waals surface area contributed by atoms with Crippen LogP contribution in [0.5, 0.6) is 0 Å². The zero-order valence-corrected chi connectivity index (χ0v) is 9.47. The number of hydrogen-bond donors (Lipinski definition) is 0. The van der Waals surface area contributed by atoms with Gasteiger partial charge in [0, 0.05) is 4.87 Å². The topological polar surface area (TPSA) is 0 Å². The van der Waals surface area contributed by atoms with E-state index in [1.54, 1.807) is 4.91 Å². The fourth-order valence-corrected chi connectivity index (χ4v) is 2.45. The first kappa shape index (κ1) is 10.5. The summed E-state index contributed by atoms with van der Waals surface area (Å²) in [5, 5.41) is 0. The Bertz CT molecular complexity index is 173. The minimum atomic E-state index is 0.0560. The number of thioether (sulfide) groups is 1. The third kappa shape index (κ3) is 3.40. The molecule has 1 aliphatic rings. The molecule has 12 heavy (non-hydrogen) atoms. The molecule has 0 heterocycles. The van der Waals surface area contributed by atoms with E-state index in [0.717, 1.165) is 19.3 Å². The van der Waals surface area contributed by atoms with Crippen molar-refractivity contribution >= 4 is 23.4 Å². The number of allylic oxidation sites excluding steroid dienone is 2. The average molecular weight is 205 g/mol. The quantitative estimate of drug-likeness (QED) is 0.577. The third-order valence-electron chi connectivity index (χ3n) is 2.42. The molecule has 1 unspecified atom stereocenters. The first-order chi connectivity index (χ1) is 5.64. The van der Waals surface area contributed by atoms with E-state index in [9.17, 15) is 0 Å². The summed E-state index contributed by atoms with van der Waals surface area (Å²) in [6.07, 6.45) is 10.4. The molecule has 0 saturated carbocycles. The second kappa shape index (κ2) is 4.57. The Hall–Kier alpha value is 0.380. The van der Waals surface area contributed by atoms with Crippen molar-refractivity contribution in [1.82, 2.24) is 0 Å². The van der Waals surface area contributed by atoms with Crippen molar-refractivity contribution in [3.05, 3.63) is 11.0 Å². The molecule has 0 fully saturated rings. The Balaban J connectivity index is 2.50. The van der Waals surface area contributed by atoms with E-state index in [0.29, 0.717) is 0 Å². The van der Waals surface area contributed by atoms with E-state index in [1.807, 2.05) is 11.8 Å². The van der Waals surface area contributed by atoms with Crippen molar-refractivity contribution in [2.24, 2.45) is 0 Å². The Kier molecular flexibility index (Phi) is 3.98. The summed E-state index contributed by atoms with van der Waals surface area (Å²) < 4.78 is 0. The van der Waals surface area contributed by atoms with E-state index in [4.69, 9.17) is 11.6 Å². The minimum absolute atomic E-state index is 0.0560. The number of hydrogen-bond acceptors (Lipinski definition) is 1. The van der Waals surface area contributed by atoms with Crippen LogP contribution in [-0.2, 0) is 0 Å². The summed E-state index contributed by atoms with van der Waals surface area (Å²) in [5.74, 6) is 0. The number of rotatable bonds is 1. The van der Waals surface area contributed by atoms with Crippen molar-refractivity contribution < 1.29 is 0 Å². The largest absolute Gasteiger partial charge is 0.134 e. The van der Waals surface area contributed by atoms with E-state index in [2.05, 4.69) is 19.3 Å². The summed E-state index contributed by atoms with van der Waals surface area (Å²) in [4.78, 5) is 1.60. The molecule has 1 aliphatic carbocycles. The van der Waals surface area contributed by atoms with Crippen LogP contribution in [0.3, 0.4) is 0 Å². The van der Waals surface area contributed by atoms with Crippen molar-refractivity contribution in [1.29, 1.82) is 0 Å². The molecule has 70 valence electrons. The molecule has 0 saturated heterocycles. The number of alkyl halides is 1. The molecule has 1 atom stereocenters. The molecule has 0 spiro atoms. The molecule has 0 aromatic heterocycles. The lowest BCUT2D eigenvalue weighted by Gasteiger charge is -2.23. The first-order valence-electron chi connectivity index (χ1n) is 4.56. The molecule has 1 rings (SSSR count). The van der Waals surface area contributed by atoms with Crippen LogP contribution in [-0.4, -0.2) is 11.1 Å². The second-order valence-electron chi connectivity index (χ2n) is 3.68. The van der Waals surface area contributed by atoms with Gasteiger partial charge in [0.15, 0.2) is 0 Å². The Morgan fingerprint density at radius 1 is 1.50 bits per heavy atom. The molecule has 0 aliphatic heterocycles. The molecule has 0 nitrogen and oxygen atoms in total. The lowest BCUT2D eigenvalue weighted by atomic mass is 9.95. The summed E-state index contributed by atoms with van der Waals surface area (Å²) in [7, 11) is 0. The van der Waals surface area contributed by atoms with Crippen LogP contribution in [0.4, 0.5) is 0 Å². The van der Waals surface area contributed by atoms with Gasteiger partial charge in [0.2, 0.25) is 0 Å². The van der Waals surface area contributed by atoms with Crippen LogP contribution >= 0.6 is 23.4 Å². The molecule has 0 amide bonds. The second-order valence-corrected chi connectivity index (χ2v) is 5.53. The zero-order chi connectivity index (χ0) is 9.03. The summed E-state index contributed by atoms with van der Waals surface area (Å²) in [5.41, 5.74) is 0. The maximum atomic E-state index is 6.30. The molecule has 0 radical (unpaired) electrons. The van der Waals surface area contributed by atoms with Crippen molar-refractivity contribution in [2.75, 3.05) is 6.26 Å². The number of halogens is 1. The highest BCUT2D eigenvalue weighted by atomic mass is 35.5. The molecular formula is C10H17ClS. The molecule has 0 aromatic carbocycles. The Morgan fingerprint density at radius 2 is 2.25 bits per heavy atom. The normalized spacial score (nSPS) is 36.4. The lowest BCUT2D eigenvalue weighted by Crippen LogP contribution is -2.16. The van der Waals surface area contributed by atoms with Gasteiger partial charge in [-0.3, -0.25) is 0 Å². The van der Waals surface area contributed by atoms with E-state index >= 15 is 0 Å². The van der Waals surface area contributed by atoms with Crippen LogP contribution in [0.15, 0.2) is 11.0 Å². The summed E-state index contributed by atoms with van der Waals surface area (Å²) >= 11 is 8.19. The van der Waals surface area contributed by atoms with Crippen LogP contribution in [0.25, 0.3) is 0 Å². The van der Waals surface area contributed by atoms with Crippen molar-refractivity contribution in [3.63, 3.8) is 0 Å². The highest BCUT2D eigenvalue weighted by Gasteiger charge is 2.20. The Labute approximate surface area is 84.8 Å². The van der Waals surface area contributed by atoms with Crippen LogP contribution in [0.2, 0.25) is 0 Å². The van der Waals surface area contributed by atoms with Gasteiger partial charge in [-0.05, 0) is 50.2 Å². The third-order valence-corrected chi connectivity index (χ3v) is 3.69. The van der Waals surface area contributed by atoms with Gasteiger partial charge >= 0.3 is 0 Å². The van der Waals surface area contributed by atoms with Gasteiger partial charge < -0.3 is 0 Å². The van der Waals surface area contributed by atoms with Gasteiger partial charge in [0.05, 0.1) is 0 Å². The predicted molar refractivity (Wildman–Crippen MR) is 58.9 cm³/mol. The molecule has 2 heteroatoms. The predicted octanol–water partition coefficient (Wildman–Crippen LogP) is 4.19. The van der Waals surface area contributed by atoms with Crippen molar-refractivity contribution in [2.45, 2.75) is 43.9 Å². The maximum absolute atomic E-state index is 6.30. The van der Waals surface area contributed by atoms with E-state index in [-0.39, 0.29) is 4.87 Å². The molecular weight excluding hydrogens is 188 g/mol. The average Bonchev–Trinajstić information content (AvgIpc) is 1.97. The molecule has 0 aromatic rings. The van der Waals surface area contributed by atoms with Crippen LogP contribution in [0, 0.1) is 0 Å². The maximum Gasteiger partial charge on any atom is 0.0421 e. The smallest absolute Gasteiger partial charge is 0.0421 e. The molecule has 0 bridgehead atoms. The van der Waals surface area contributed by atoms with Gasteiger partial charge in [-0.2, -0.15) is 0 Å². The van der Waals surface area contributed by atoms with Gasteiger partial charge in [-0.1, -0.05) is 6.08 Å². The SMILES string of the molecule is CS/C1=C/CCC(C)(Cl)CCC1. The van der Waals surface area contributed by atoms with Gasteiger partial charge in [0.25, 0.3) is 0 Å². The van der Waals surface area contributed by atoms with Gasteiger partial charge in [0.1, 0.15) is 0 Å². The first-order valence-corrected chi connectivity index (χ1v) is 6.16. The lowest BCUT2D eigenvalue weighted by molar-refractivity contribution is 0.508. The highest BCUT2D eigenvalue weighted by molar-refractivity contribution is 8.02. The monoisotopic (exact) mass is 204 g/mol. The highest BCUT2D eigenvalue weighted by Crippen LogP contribution is 2.33. The Morgan fingerprint density at radius 3 is 2.92 bits per heavy atom. The van der Waals surface area contributed by atoms with Crippen LogP contribution in [0.1, 0.15) is 39.0 Å². The fourth-order valence-electron chi connectivity index (χ4n) is 1.58. The van der Waals surface area contributed by atoms with E-state index in [1.165, 1.54) is 12.8 Å². The van der Waals surface area contributed by atoms with E-state index < -0.39 is 0 Å². The van der Waals surface area contributed by atoms with Gasteiger partial charge in [-0.15, -0.1) is 23.4 Å². The summed E-state index contributed by atoms with van der Waals surface area (Å²) in [6.45, 7) is 2.16. The van der Waals surface area contributed by atoms with Crippen LogP contribution < -0.4 is 0 Å². The minimum Gasteiger partial charge on any atom is -0.134 e. The van der Waals surface area contributed by atoms with Gasteiger partial charge in [-0.25, -0.2) is 0 Å². The standard InChI is InChI=1S/C10H17ClS/c1-10(11)7-3-5-9(12-2)6-4-8-10/h5H,3-4,6-8H2,1-2H3/b9-5+. The fraction of sp³-hybridized carbons (Fsp3) is 0.800. The summed E-state index contributed by atoms with van der Waals surface area (Å²) in [6, 6.07) is 0. The molecule has 0 N–H and O–H groups in total. The van der Waals surface area contributed by atoms with Crippen molar-refractivity contribution in [3.8, 4) is 0 Å².